The number of carbonyl (C=O) groups is 1. The molecule has 0 radical (unpaired) electrons. The number of urea groups is 1. The number of hydrogen-bond donors (Lipinski definition) is 3. The molecule has 0 saturated carbocycles. The average molecular weight is 295 g/mol. The predicted octanol–water partition coefficient (Wildman–Crippen LogP) is 3.23. The minimum absolute atomic E-state index is 0.136. The molecule has 112 valence electrons. The Morgan fingerprint density at radius 2 is 1.95 bits per heavy atom. The van der Waals surface area contributed by atoms with Gasteiger partial charge in [0.25, 0.3) is 0 Å². The summed E-state index contributed by atoms with van der Waals surface area (Å²) in [5, 5.41) is 8.89. The lowest BCUT2D eigenvalue weighted by molar-refractivity contribution is 0.252. The summed E-state index contributed by atoms with van der Waals surface area (Å²) in [6, 6.07) is 8.08. The van der Waals surface area contributed by atoms with E-state index >= 15 is 0 Å². The van der Waals surface area contributed by atoms with Gasteiger partial charge in [-0.25, -0.2) is 4.79 Å². The van der Waals surface area contributed by atoms with Crippen LogP contribution in [0.4, 0.5) is 10.5 Å². The van der Waals surface area contributed by atoms with Crippen LogP contribution in [0.5, 0.6) is 0 Å². The van der Waals surface area contributed by atoms with Crippen LogP contribution >= 0.6 is 11.8 Å². The maximum atomic E-state index is 11.7. The minimum Gasteiger partial charge on any atom is -0.338 e. The van der Waals surface area contributed by atoms with Crippen molar-refractivity contribution in [2.24, 2.45) is 0 Å². The lowest BCUT2D eigenvalue weighted by Gasteiger charge is -2.12. The number of benzene rings is 1. The van der Waals surface area contributed by atoms with Gasteiger partial charge in [-0.05, 0) is 56.5 Å². The molecule has 5 heteroatoms. The van der Waals surface area contributed by atoms with E-state index in [0.717, 1.165) is 30.8 Å². The highest BCUT2D eigenvalue weighted by Gasteiger charge is 2.04. The van der Waals surface area contributed by atoms with Crippen molar-refractivity contribution in [1.29, 1.82) is 0 Å². The molecule has 0 bridgehead atoms. The summed E-state index contributed by atoms with van der Waals surface area (Å²) in [5.41, 5.74) is 2.02. The number of hydrogen-bond acceptors (Lipinski definition) is 3. The van der Waals surface area contributed by atoms with E-state index < -0.39 is 0 Å². The molecule has 0 heterocycles. The molecule has 0 saturated heterocycles. The van der Waals surface area contributed by atoms with Gasteiger partial charge in [0.2, 0.25) is 0 Å². The van der Waals surface area contributed by atoms with Crippen LogP contribution in [0.3, 0.4) is 0 Å². The van der Waals surface area contributed by atoms with Gasteiger partial charge in [-0.3, -0.25) is 0 Å². The summed E-state index contributed by atoms with van der Waals surface area (Å²) in [5.74, 6) is 1.15. The van der Waals surface area contributed by atoms with Crippen molar-refractivity contribution < 1.29 is 4.79 Å². The van der Waals surface area contributed by atoms with Crippen molar-refractivity contribution >= 4 is 23.5 Å². The second kappa shape index (κ2) is 9.66. The third-order valence-electron chi connectivity index (χ3n) is 3.16. The third kappa shape index (κ3) is 6.30. The third-order valence-corrected chi connectivity index (χ3v) is 3.86. The summed E-state index contributed by atoms with van der Waals surface area (Å²) < 4.78 is 0. The summed E-state index contributed by atoms with van der Waals surface area (Å²) in [6.07, 6.45) is 4.25. The first-order valence-corrected chi connectivity index (χ1v) is 8.37. The number of anilines is 1. The number of nitrogens with one attached hydrogen (secondary N) is 3. The zero-order valence-corrected chi connectivity index (χ0v) is 13.3. The lowest BCUT2D eigenvalue weighted by atomic mass is 10.1. The van der Waals surface area contributed by atoms with E-state index in [2.05, 4.69) is 29.1 Å². The molecule has 0 aliphatic carbocycles. The monoisotopic (exact) mass is 295 g/mol. The van der Waals surface area contributed by atoms with E-state index in [-0.39, 0.29) is 6.03 Å². The smallest absolute Gasteiger partial charge is 0.319 e. The summed E-state index contributed by atoms with van der Waals surface area (Å²) >= 11 is 1.84. The van der Waals surface area contributed by atoms with Gasteiger partial charge in [-0.1, -0.05) is 12.1 Å². The van der Waals surface area contributed by atoms with Crippen molar-refractivity contribution in [3.63, 3.8) is 0 Å². The van der Waals surface area contributed by atoms with Gasteiger partial charge in [-0.2, -0.15) is 11.8 Å². The van der Waals surface area contributed by atoms with E-state index in [1.165, 1.54) is 5.56 Å². The Labute approximate surface area is 126 Å². The summed E-state index contributed by atoms with van der Waals surface area (Å²) in [7, 11) is 1.93. The van der Waals surface area contributed by atoms with Crippen LogP contribution < -0.4 is 16.0 Å². The Morgan fingerprint density at radius 3 is 2.55 bits per heavy atom. The van der Waals surface area contributed by atoms with Crippen molar-refractivity contribution in [3.8, 4) is 0 Å². The van der Waals surface area contributed by atoms with Gasteiger partial charge in [0.05, 0.1) is 0 Å². The second-order valence-corrected chi connectivity index (χ2v) is 5.70. The van der Waals surface area contributed by atoms with E-state index in [0.29, 0.717) is 6.04 Å². The molecule has 0 spiro atoms. The molecular weight excluding hydrogens is 270 g/mol. The number of carbonyl (C=O) groups excluding carboxylic acids is 1. The van der Waals surface area contributed by atoms with Crippen LogP contribution in [0.1, 0.15) is 31.4 Å². The van der Waals surface area contributed by atoms with Crippen molar-refractivity contribution in [2.75, 3.05) is 30.9 Å². The fourth-order valence-corrected chi connectivity index (χ4v) is 2.26. The van der Waals surface area contributed by atoms with Crippen molar-refractivity contribution in [2.45, 2.75) is 25.8 Å². The molecular formula is C15H25N3OS. The Bertz CT molecular complexity index is 395. The lowest BCUT2D eigenvalue weighted by Crippen LogP contribution is -2.29. The maximum Gasteiger partial charge on any atom is 0.319 e. The molecule has 1 aromatic carbocycles. The number of thioether (sulfide) groups is 1. The highest BCUT2D eigenvalue weighted by Crippen LogP contribution is 2.15. The van der Waals surface area contributed by atoms with E-state index in [1.54, 1.807) is 0 Å². The first-order valence-electron chi connectivity index (χ1n) is 6.98. The fraction of sp³-hybridized carbons (Fsp3) is 0.533. The number of amides is 2. The first kappa shape index (κ1) is 16.9. The standard InChI is InChI=1S/C15H25N3OS/c1-12(16-2)13-6-8-14(9-7-13)18-15(19)17-10-4-5-11-20-3/h6-9,12,16H,4-5,10-11H2,1-3H3,(H2,17,18,19). The number of unbranched alkanes of at least 4 members (excludes halogenated alkanes) is 1. The molecule has 0 fully saturated rings. The van der Waals surface area contributed by atoms with Gasteiger partial charge < -0.3 is 16.0 Å². The van der Waals surface area contributed by atoms with Gasteiger partial charge >= 0.3 is 6.03 Å². The summed E-state index contributed by atoms with van der Waals surface area (Å²) in [6.45, 7) is 2.82. The Hall–Kier alpha value is -1.20. The quantitative estimate of drug-likeness (QED) is 0.645. The topological polar surface area (TPSA) is 53.2 Å². The van der Waals surface area contributed by atoms with E-state index in [4.69, 9.17) is 0 Å². The molecule has 1 atom stereocenters. The zero-order valence-electron chi connectivity index (χ0n) is 12.5. The van der Waals surface area contributed by atoms with Crippen LogP contribution in [0.25, 0.3) is 0 Å². The largest absolute Gasteiger partial charge is 0.338 e. The summed E-state index contributed by atoms with van der Waals surface area (Å²) in [4.78, 5) is 11.7. The van der Waals surface area contributed by atoms with Crippen LogP contribution in [0.15, 0.2) is 24.3 Å². The second-order valence-electron chi connectivity index (χ2n) is 4.71. The van der Waals surface area contributed by atoms with Crippen LogP contribution in [0.2, 0.25) is 0 Å². The molecule has 1 unspecified atom stereocenters. The van der Waals surface area contributed by atoms with Crippen LogP contribution in [-0.2, 0) is 0 Å². The minimum atomic E-state index is -0.136. The van der Waals surface area contributed by atoms with Crippen LogP contribution in [0, 0.1) is 0 Å². The molecule has 4 nitrogen and oxygen atoms in total. The molecule has 1 rings (SSSR count). The Balaban J connectivity index is 2.31. The highest BCUT2D eigenvalue weighted by atomic mass is 32.2. The van der Waals surface area contributed by atoms with Crippen molar-refractivity contribution in [3.05, 3.63) is 29.8 Å². The zero-order chi connectivity index (χ0) is 14.8. The molecule has 3 N–H and O–H groups in total. The maximum absolute atomic E-state index is 11.7. The number of rotatable bonds is 8. The van der Waals surface area contributed by atoms with Crippen LogP contribution in [-0.4, -0.2) is 31.6 Å². The molecule has 2 amide bonds. The normalized spacial score (nSPS) is 11.9. The predicted molar refractivity (Wildman–Crippen MR) is 88.6 cm³/mol. The van der Waals surface area contributed by atoms with Crippen molar-refractivity contribution in [1.82, 2.24) is 10.6 Å². The highest BCUT2D eigenvalue weighted by molar-refractivity contribution is 7.98. The Kier molecular flexibility index (Phi) is 8.14. The van der Waals surface area contributed by atoms with Gasteiger partial charge in [0.1, 0.15) is 0 Å². The van der Waals surface area contributed by atoms with Gasteiger partial charge in [0, 0.05) is 18.3 Å². The molecule has 20 heavy (non-hydrogen) atoms. The first-order chi connectivity index (χ1) is 9.67. The van der Waals surface area contributed by atoms with Gasteiger partial charge in [0.15, 0.2) is 0 Å². The SMILES string of the molecule is CNC(C)c1ccc(NC(=O)NCCCCSC)cc1. The average Bonchev–Trinajstić information content (AvgIpc) is 2.47. The fourth-order valence-electron chi connectivity index (χ4n) is 1.77. The van der Waals surface area contributed by atoms with E-state index in [1.807, 2.05) is 43.1 Å². The van der Waals surface area contributed by atoms with Gasteiger partial charge in [-0.15, -0.1) is 0 Å². The Morgan fingerprint density at radius 1 is 1.25 bits per heavy atom. The van der Waals surface area contributed by atoms with E-state index in [9.17, 15) is 4.79 Å². The molecule has 0 aliphatic rings. The molecule has 0 aliphatic heterocycles. The molecule has 0 aromatic heterocycles. The molecule has 1 aromatic rings.